The number of carbonyl (C=O) groups is 1. The first kappa shape index (κ1) is 23.1. The Labute approximate surface area is 200 Å². The predicted molar refractivity (Wildman–Crippen MR) is 133 cm³/mol. The summed E-state index contributed by atoms with van der Waals surface area (Å²) in [5, 5.41) is 8.46. The zero-order valence-corrected chi connectivity index (χ0v) is 20.2. The monoisotopic (exact) mass is 481 g/mol. The molecule has 0 aliphatic rings. The minimum absolute atomic E-state index is 0.119. The van der Waals surface area contributed by atoms with Gasteiger partial charge in [-0.3, -0.25) is 18.8 Å². The molecular formula is C24H24ClN5O2S. The van der Waals surface area contributed by atoms with Crippen LogP contribution in [-0.4, -0.2) is 31.0 Å². The summed E-state index contributed by atoms with van der Waals surface area (Å²) >= 11 is 7.25. The molecule has 0 aliphatic heterocycles. The van der Waals surface area contributed by atoms with Gasteiger partial charge in [-0.1, -0.05) is 47.6 Å². The number of hydrogen-bond acceptors (Lipinski definition) is 5. The molecule has 0 unspecified atom stereocenters. The Morgan fingerprint density at radius 1 is 1.15 bits per heavy atom. The van der Waals surface area contributed by atoms with Crippen LogP contribution < -0.4 is 10.9 Å². The zero-order chi connectivity index (χ0) is 23.5. The highest BCUT2D eigenvalue weighted by molar-refractivity contribution is 7.99. The van der Waals surface area contributed by atoms with Crippen LogP contribution in [0.4, 0.5) is 5.69 Å². The van der Waals surface area contributed by atoms with Gasteiger partial charge in [0, 0.05) is 17.3 Å². The minimum Gasteiger partial charge on any atom is -0.325 e. The fraction of sp³-hybridized carbons (Fsp3) is 0.250. The third-order valence-electron chi connectivity index (χ3n) is 5.17. The lowest BCUT2D eigenvalue weighted by molar-refractivity contribution is -0.113. The molecule has 0 bridgehead atoms. The van der Waals surface area contributed by atoms with Crippen molar-refractivity contribution in [3.05, 3.63) is 80.7 Å². The second-order valence-electron chi connectivity index (χ2n) is 7.72. The quantitative estimate of drug-likeness (QED) is 0.306. The first-order valence-electron chi connectivity index (χ1n) is 10.6. The third kappa shape index (κ3) is 5.12. The van der Waals surface area contributed by atoms with Gasteiger partial charge in [-0.05, 0) is 56.2 Å². The number of amides is 1. The highest BCUT2D eigenvalue weighted by Gasteiger charge is 2.19. The average Bonchev–Trinajstić information content (AvgIpc) is 3.11. The summed E-state index contributed by atoms with van der Waals surface area (Å²) in [7, 11) is 0. The second kappa shape index (κ2) is 9.80. The molecule has 1 N–H and O–H groups in total. The van der Waals surface area contributed by atoms with E-state index in [9.17, 15) is 9.59 Å². The van der Waals surface area contributed by atoms with Crippen LogP contribution in [0.25, 0.3) is 11.0 Å². The Balaban J connectivity index is 1.67. The van der Waals surface area contributed by atoms with Gasteiger partial charge in [0.2, 0.25) is 5.91 Å². The first-order valence-corrected chi connectivity index (χ1v) is 11.9. The first-order chi connectivity index (χ1) is 15.9. The van der Waals surface area contributed by atoms with Crippen LogP contribution in [0.2, 0.25) is 5.02 Å². The van der Waals surface area contributed by atoms with Gasteiger partial charge in [-0.15, -0.1) is 0 Å². The largest absolute Gasteiger partial charge is 0.325 e. The highest BCUT2D eigenvalue weighted by atomic mass is 35.5. The SMILES string of the molecule is CCn1nc(C)c2nc(SCC(=O)Nc3cccc(C)c3)n(Cc3ccc(Cl)cc3)c(=O)c21. The summed E-state index contributed by atoms with van der Waals surface area (Å²) in [5.74, 6) is -0.0491. The van der Waals surface area contributed by atoms with E-state index in [1.807, 2.05) is 57.2 Å². The number of fused-ring (bicyclic) bond motifs is 1. The van der Waals surface area contributed by atoms with Crippen molar-refractivity contribution < 1.29 is 4.79 Å². The molecule has 4 aromatic rings. The van der Waals surface area contributed by atoms with Gasteiger partial charge in [0.05, 0.1) is 18.0 Å². The van der Waals surface area contributed by atoms with Gasteiger partial charge in [0.25, 0.3) is 5.56 Å². The van der Waals surface area contributed by atoms with Crippen molar-refractivity contribution in [1.29, 1.82) is 0 Å². The highest BCUT2D eigenvalue weighted by Crippen LogP contribution is 2.22. The fourth-order valence-corrected chi connectivity index (χ4v) is 4.51. The van der Waals surface area contributed by atoms with Gasteiger partial charge in [-0.2, -0.15) is 5.10 Å². The Morgan fingerprint density at radius 3 is 2.61 bits per heavy atom. The van der Waals surface area contributed by atoms with Gasteiger partial charge in [0.15, 0.2) is 10.7 Å². The maximum Gasteiger partial charge on any atom is 0.280 e. The number of hydrogen-bond donors (Lipinski definition) is 1. The van der Waals surface area contributed by atoms with Crippen LogP contribution in [0.1, 0.15) is 23.7 Å². The minimum atomic E-state index is -0.181. The molecule has 2 heterocycles. The van der Waals surface area contributed by atoms with Crippen molar-refractivity contribution in [2.45, 2.75) is 39.0 Å². The summed E-state index contributed by atoms with van der Waals surface area (Å²) in [5.41, 5.74) is 4.25. The summed E-state index contributed by atoms with van der Waals surface area (Å²) in [6, 6.07) is 14.9. The normalized spacial score (nSPS) is 11.2. The van der Waals surface area contributed by atoms with E-state index in [2.05, 4.69) is 10.4 Å². The molecule has 2 aromatic carbocycles. The molecular weight excluding hydrogens is 458 g/mol. The number of halogens is 1. The van der Waals surface area contributed by atoms with Crippen molar-refractivity contribution in [3.63, 3.8) is 0 Å². The number of thioether (sulfide) groups is 1. The topological polar surface area (TPSA) is 81.8 Å². The second-order valence-corrected chi connectivity index (χ2v) is 9.10. The molecule has 0 saturated carbocycles. The molecule has 9 heteroatoms. The van der Waals surface area contributed by atoms with Crippen LogP contribution in [0.5, 0.6) is 0 Å². The van der Waals surface area contributed by atoms with E-state index in [1.165, 1.54) is 11.8 Å². The third-order valence-corrected chi connectivity index (χ3v) is 6.40. The molecule has 170 valence electrons. The number of rotatable bonds is 7. The van der Waals surface area contributed by atoms with Crippen molar-refractivity contribution in [1.82, 2.24) is 19.3 Å². The van der Waals surface area contributed by atoms with Crippen molar-refractivity contribution in [2.24, 2.45) is 0 Å². The molecule has 0 radical (unpaired) electrons. The van der Waals surface area contributed by atoms with Gasteiger partial charge >= 0.3 is 0 Å². The maximum absolute atomic E-state index is 13.5. The maximum atomic E-state index is 13.5. The van der Waals surface area contributed by atoms with E-state index in [4.69, 9.17) is 16.6 Å². The number of nitrogens with one attached hydrogen (secondary N) is 1. The Kier molecular flexibility index (Phi) is 6.85. The molecule has 0 saturated heterocycles. The Morgan fingerprint density at radius 2 is 1.91 bits per heavy atom. The van der Waals surface area contributed by atoms with Gasteiger partial charge in [0.1, 0.15) is 5.52 Å². The molecule has 0 aliphatic carbocycles. The standard InChI is InChI=1S/C24H24ClN5O2S/c1-4-30-22-21(16(3)28-30)27-24(29(23(22)32)13-17-8-10-18(25)11-9-17)33-14-20(31)26-19-7-5-6-15(2)12-19/h5-12H,4,13-14H2,1-3H3,(H,26,31). The van der Waals surface area contributed by atoms with E-state index in [1.54, 1.807) is 21.4 Å². The smallest absolute Gasteiger partial charge is 0.280 e. The molecule has 1 amide bonds. The van der Waals surface area contributed by atoms with Crippen LogP contribution in [0.15, 0.2) is 58.5 Å². The fourth-order valence-electron chi connectivity index (χ4n) is 3.59. The zero-order valence-electron chi connectivity index (χ0n) is 18.6. The molecule has 0 spiro atoms. The van der Waals surface area contributed by atoms with Crippen LogP contribution in [-0.2, 0) is 17.9 Å². The van der Waals surface area contributed by atoms with Gasteiger partial charge in [-0.25, -0.2) is 4.98 Å². The lowest BCUT2D eigenvalue weighted by Crippen LogP contribution is -2.26. The number of aryl methyl sites for hydroxylation is 3. The van der Waals surface area contributed by atoms with E-state index < -0.39 is 0 Å². The summed E-state index contributed by atoms with van der Waals surface area (Å²) in [6.07, 6.45) is 0. The number of aromatic nitrogens is 4. The lowest BCUT2D eigenvalue weighted by atomic mass is 10.2. The van der Waals surface area contributed by atoms with Gasteiger partial charge < -0.3 is 5.32 Å². The molecule has 7 nitrogen and oxygen atoms in total. The predicted octanol–water partition coefficient (Wildman–Crippen LogP) is 4.66. The van der Waals surface area contributed by atoms with Crippen LogP contribution >= 0.6 is 23.4 Å². The lowest BCUT2D eigenvalue weighted by Gasteiger charge is -2.13. The van der Waals surface area contributed by atoms with Crippen molar-refractivity contribution in [3.8, 4) is 0 Å². The number of anilines is 1. The van der Waals surface area contributed by atoms with E-state index in [-0.39, 0.29) is 17.2 Å². The summed E-state index contributed by atoms with van der Waals surface area (Å²) in [4.78, 5) is 30.8. The van der Waals surface area contributed by atoms with Crippen molar-refractivity contribution >= 4 is 46.0 Å². The van der Waals surface area contributed by atoms with Crippen LogP contribution in [0.3, 0.4) is 0 Å². The molecule has 0 fully saturated rings. The molecule has 33 heavy (non-hydrogen) atoms. The molecule has 2 aromatic heterocycles. The summed E-state index contributed by atoms with van der Waals surface area (Å²) < 4.78 is 3.28. The van der Waals surface area contributed by atoms with E-state index in [0.717, 1.165) is 16.8 Å². The average molecular weight is 482 g/mol. The van der Waals surface area contributed by atoms with Crippen molar-refractivity contribution in [2.75, 3.05) is 11.1 Å². The Bertz CT molecular complexity index is 1380. The van der Waals surface area contributed by atoms with E-state index >= 15 is 0 Å². The summed E-state index contributed by atoms with van der Waals surface area (Å²) in [6.45, 7) is 6.62. The molecule has 0 atom stereocenters. The number of nitrogens with zero attached hydrogens (tertiary/aromatic N) is 4. The molecule has 4 rings (SSSR count). The number of benzene rings is 2. The number of carbonyl (C=O) groups excluding carboxylic acids is 1. The Hall–Kier alpha value is -3.10. The van der Waals surface area contributed by atoms with Crippen LogP contribution in [0, 0.1) is 13.8 Å². The van der Waals surface area contributed by atoms with E-state index in [0.29, 0.717) is 40.0 Å².